The van der Waals surface area contributed by atoms with Gasteiger partial charge >= 0.3 is 0 Å². The van der Waals surface area contributed by atoms with Crippen molar-refractivity contribution < 1.29 is 9.50 Å². The lowest BCUT2D eigenvalue weighted by molar-refractivity contribution is 0.214. The molecule has 0 radical (unpaired) electrons. The van der Waals surface area contributed by atoms with Gasteiger partial charge in [0, 0.05) is 18.0 Å². The molecule has 0 aliphatic carbocycles. The van der Waals surface area contributed by atoms with E-state index in [0.717, 1.165) is 11.1 Å². The fourth-order valence-corrected chi connectivity index (χ4v) is 1.99. The Bertz CT molecular complexity index is 502. The summed E-state index contributed by atoms with van der Waals surface area (Å²) in [5.74, 6) is -0.369. The molecule has 1 unspecified atom stereocenters. The van der Waals surface area contributed by atoms with Crippen molar-refractivity contribution in [2.75, 3.05) is 0 Å². The number of aliphatic hydroxyl groups excluding tert-OH is 1. The first-order valence-corrected chi connectivity index (χ1v) is 5.44. The zero-order chi connectivity index (χ0) is 12.4. The van der Waals surface area contributed by atoms with E-state index in [1.54, 1.807) is 31.5 Å². The van der Waals surface area contributed by atoms with E-state index in [2.05, 4.69) is 4.98 Å². The average Bonchev–Trinajstić information content (AvgIpc) is 2.28. The van der Waals surface area contributed by atoms with Crippen LogP contribution in [-0.2, 0) is 0 Å². The Balaban J connectivity index is 2.48. The van der Waals surface area contributed by atoms with Crippen LogP contribution < -0.4 is 0 Å². The van der Waals surface area contributed by atoms with Crippen molar-refractivity contribution in [3.63, 3.8) is 0 Å². The third-order valence-corrected chi connectivity index (χ3v) is 2.78. The molecule has 0 fully saturated rings. The number of rotatable bonds is 2. The number of halogens is 1. The Kier molecular flexibility index (Phi) is 3.20. The first kappa shape index (κ1) is 11.7. The topological polar surface area (TPSA) is 33.1 Å². The second-order valence-corrected chi connectivity index (χ2v) is 4.16. The molecule has 3 heteroatoms. The number of benzene rings is 1. The van der Waals surface area contributed by atoms with Crippen LogP contribution in [-0.4, -0.2) is 10.1 Å². The van der Waals surface area contributed by atoms with Crippen LogP contribution in [0.5, 0.6) is 0 Å². The molecule has 0 bridgehead atoms. The molecule has 0 aliphatic rings. The van der Waals surface area contributed by atoms with E-state index in [1.165, 1.54) is 6.07 Å². The fraction of sp³-hybridized carbons (Fsp3) is 0.214. The van der Waals surface area contributed by atoms with Crippen LogP contribution in [0.1, 0.15) is 28.4 Å². The Hall–Kier alpha value is -1.74. The van der Waals surface area contributed by atoms with Gasteiger partial charge in [0.25, 0.3) is 0 Å². The Morgan fingerprint density at radius 1 is 1.18 bits per heavy atom. The molecule has 88 valence electrons. The summed E-state index contributed by atoms with van der Waals surface area (Å²) >= 11 is 0. The summed E-state index contributed by atoms with van der Waals surface area (Å²) in [6.45, 7) is 3.63. The van der Waals surface area contributed by atoms with Crippen molar-refractivity contribution in [3.05, 3.63) is 64.7 Å². The summed E-state index contributed by atoms with van der Waals surface area (Å²) in [6, 6.07) is 6.67. The lowest BCUT2D eigenvalue weighted by atomic mass is 9.96. The Morgan fingerprint density at radius 3 is 2.41 bits per heavy atom. The van der Waals surface area contributed by atoms with Gasteiger partial charge in [0.05, 0.1) is 0 Å². The number of nitrogens with zero attached hydrogens (tertiary/aromatic N) is 1. The van der Waals surface area contributed by atoms with Crippen molar-refractivity contribution in [2.45, 2.75) is 20.0 Å². The molecule has 0 aliphatic heterocycles. The van der Waals surface area contributed by atoms with E-state index in [0.29, 0.717) is 11.1 Å². The molecule has 17 heavy (non-hydrogen) atoms. The van der Waals surface area contributed by atoms with Gasteiger partial charge in [0.1, 0.15) is 11.9 Å². The minimum Gasteiger partial charge on any atom is -0.384 e. The van der Waals surface area contributed by atoms with Crippen LogP contribution in [0.3, 0.4) is 0 Å². The molecule has 0 saturated heterocycles. The van der Waals surface area contributed by atoms with Crippen molar-refractivity contribution in [3.8, 4) is 0 Å². The molecular weight excluding hydrogens is 217 g/mol. The van der Waals surface area contributed by atoms with Crippen LogP contribution in [0.25, 0.3) is 0 Å². The summed E-state index contributed by atoms with van der Waals surface area (Å²) < 4.78 is 13.9. The van der Waals surface area contributed by atoms with Crippen molar-refractivity contribution in [1.82, 2.24) is 4.98 Å². The molecule has 1 atom stereocenters. The molecule has 1 aromatic carbocycles. The predicted molar refractivity (Wildman–Crippen MR) is 64.2 cm³/mol. The molecular formula is C14H14FNO. The number of hydrogen-bond donors (Lipinski definition) is 1. The largest absolute Gasteiger partial charge is 0.384 e. The van der Waals surface area contributed by atoms with E-state index in [4.69, 9.17) is 0 Å². The maximum atomic E-state index is 13.9. The van der Waals surface area contributed by atoms with E-state index in [1.807, 2.05) is 13.0 Å². The third-order valence-electron chi connectivity index (χ3n) is 2.78. The van der Waals surface area contributed by atoms with Gasteiger partial charge in [-0.25, -0.2) is 4.39 Å². The van der Waals surface area contributed by atoms with E-state index in [9.17, 15) is 9.50 Å². The number of aromatic nitrogens is 1. The van der Waals surface area contributed by atoms with Gasteiger partial charge in [-0.2, -0.15) is 0 Å². The number of hydrogen-bond acceptors (Lipinski definition) is 2. The highest BCUT2D eigenvalue weighted by Crippen LogP contribution is 2.27. The van der Waals surface area contributed by atoms with Crippen LogP contribution in [0, 0.1) is 19.7 Å². The van der Waals surface area contributed by atoms with Gasteiger partial charge < -0.3 is 5.11 Å². The zero-order valence-corrected chi connectivity index (χ0v) is 9.81. The van der Waals surface area contributed by atoms with Gasteiger partial charge in [-0.15, -0.1) is 0 Å². The first-order chi connectivity index (χ1) is 8.09. The Labute approximate surface area is 99.8 Å². The average molecular weight is 231 g/mol. The SMILES string of the molecule is Cc1cc(C)c(C(O)c2ccncc2)c(F)c1. The van der Waals surface area contributed by atoms with Crippen LogP contribution in [0.2, 0.25) is 0 Å². The summed E-state index contributed by atoms with van der Waals surface area (Å²) in [7, 11) is 0. The van der Waals surface area contributed by atoms with Crippen LogP contribution in [0.4, 0.5) is 4.39 Å². The number of pyridine rings is 1. The van der Waals surface area contributed by atoms with E-state index >= 15 is 0 Å². The normalized spacial score (nSPS) is 12.5. The lowest BCUT2D eigenvalue weighted by Crippen LogP contribution is -2.05. The van der Waals surface area contributed by atoms with Gasteiger partial charge in [-0.3, -0.25) is 4.98 Å². The quantitative estimate of drug-likeness (QED) is 0.862. The lowest BCUT2D eigenvalue weighted by Gasteiger charge is -2.15. The summed E-state index contributed by atoms with van der Waals surface area (Å²) in [6.07, 6.45) is 2.22. The first-order valence-electron chi connectivity index (χ1n) is 5.44. The van der Waals surface area contributed by atoms with Gasteiger partial charge in [-0.1, -0.05) is 6.07 Å². The molecule has 0 amide bonds. The summed E-state index contributed by atoms with van der Waals surface area (Å²) in [4.78, 5) is 3.88. The molecule has 2 rings (SSSR count). The number of aliphatic hydroxyl groups is 1. The second kappa shape index (κ2) is 4.63. The molecule has 1 N–H and O–H groups in total. The monoisotopic (exact) mass is 231 g/mol. The van der Waals surface area contributed by atoms with Crippen molar-refractivity contribution >= 4 is 0 Å². The Morgan fingerprint density at radius 2 is 1.82 bits per heavy atom. The maximum Gasteiger partial charge on any atom is 0.129 e. The zero-order valence-electron chi connectivity index (χ0n) is 9.81. The van der Waals surface area contributed by atoms with Crippen LogP contribution >= 0.6 is 0 Å². The predicted octanol–water partition coefficient (Wildman–Crippen LogP) is 2.92. The standard InChI is InChI=1S/C14H14FNO/c1-9-7-10(2)13(12(15)8-9)14(17)11-3-5-16-6-4-11/h3-8,14,17H,1-2H3. The molecule has 0 saturated carbocycles. The van der Waals surface area contributed by atoms with Gasteiger partial charge in [-0.05, 0) is 48.7 Å². The van der Waals surface area contributed by atoms with Crippen LogP contribution in [0.15, 0.2) is 36.7 Å². The maximum absolute atomic E-state index is 13.9. The van der Waals surface area contributed by atoms with Crippen molar-refractivity contribution in [2.24, 2.45) is 0 Å². The highest BCUT2D eigenvalue weighted by atomic mass is 19.1. The molecule has 1 heterocycles. The molecule has 1 aromatic heterocycles. The van der Waals surface area contributed by atoms with Gasteiger partial charge in [0.2, 0.25) is 0 Å². The minimum absolute atomic E-state index is 0.335. The van der Waals surface area contributed by atoms with E-state index in [-0.39, 0.29) is 5.82 Å². The summed E-state index contributed by atoms with van der Waals surface area (Å²) in [5, 5.41) is 10.2. The molecule has 2 nitrogen and oxygen atoms in total. The second-order valence-electron chi connectivity index (χ2n) is 4.16. The highest BCUT2D eigenvalue weighted by Gasteiger charge is 2.17. The van der Waals surface area contributed by atoms with E-state index < -0.39 is 6.10 Å². The smallest absolute Gasteiger partial charge is 0.129 e. The molecule has 0 spiro atoms. The highest BCUT2D eigenvalue weighted by molar-refractivity contribution is 5.38. The van der Waals surface area contributed by atoms with Crippen molar-refractivity contribution in [1.29, 1.82) is 0 Å². The third kappa shape index (κ3) is 2.34. The fourth-order valence-electron chi connectivity index (χ4n) is 1.99. The molecule has 2 aromatic rings. The van der Waals surface area contributed by atoms with Gasteiger partial charge in [0.15, 0.2) is 0 Å². The number of aryl methyl sites for hydroxylation is 2. The minimum atomic E-state index is -0.946. The summed E-state index contributed by atoms with van der Waals surface area (Å²) in [5.41, 5.74) is 2.59.